The Kier molecular flexibility index (Phi) is 3.64. The number of aryl methyl sites for hydroxylation is 1. The molecule has 1 heterocycles. The van der Waals surface area contributed by atoms with Crippen molar-refractivity contribution in [1.82, 2.24) is 15.1 Å². The van der Waals surface area contributed by atoms with Crippen molar-refractivity contribution in [3.8, 4) is 0 Å². The number of aromatic nitrogens is 2. The van der Waals surface area contributed by atoms with Gasteiger partial charge in [-0.1, -0.05) is 6.92 Å². The van der Waals surface area contributed by atoms with Crippen LogP contribution in [0.1, 0.15) is 25.5 Å². The summed E-state index contributed by atoms with van der Waals surface area (Å²) in [4.78, 5) is 10.9. The van der Waals surface area contributed by atoms with Gasteiger partial charge in [0.25, 0.3) is 0 Å². The average molecular weight is 197 g/mol. The Labute approximate surface area is 82.7 Å². The molecule has 2 N–H and O–H groups in total. The first-order valence-corrected chi connectivity index (χ1v) is 4.67. The standard InChI is InChI=1S/C9H15N3O2/c1-3-10-8(9(13)14)7-5-11-12(4-2)6-7/h5-6,8,10H,3-4H2,1-2H3,(H,13,14). The monoisotopic (exact) mass is 197 g/mol. The van der Waals surface area contributed by atoms with Gasteiger partial charge >= 0.3 is 5.97 Å². The summed E-state index contributed by atoms with van der Waals surface area (Å²) >= 11 is 0. The minimum atomic E-state index is -0.873. The van der Waals surface area contributed by atoms with Crippen LogP contribution in [0.25, 0.3) is 0 Å². The lowest BCUT2D eigenvalue weighted by molar-refractivity contribution is -0.139. The molecule has 0 amide bonds. The topological polar surface area (TPSA) is 67.2 Å². The Morgan fingerprint density at radius 1 is 1.71 bits per heavy atom. The second-order valence-electron chi connectivity index (χ2n) is 2.96. The van der Waals surface area contributed by atoms with Crippen molar-refractivity contribution in [1.29, 1.82) is 0 Å². The van der Waals surface area contributed by atoms with Gasteiger partial charge in [0.2, 0.25) is 0 Å². The van der Waals surface area contributed by atoms with Crippen LogP contribution in [0.2, 0.25) is 0 Å². The molecule has 0 fully saturated rings. The smallest absolute Gasteiger partial charge is 0.325 e. The van der Waals surface area contributed by atoms with Crippen LogP contribution in [0.5, 0.6) is 0 Å². The molecule has 0 aliphatic rings. The molecule has 5 heteroatoms. The average Bonchev–Trinajstić information content (AvgIpc) is 2.61. The van der Waals surface area contributed by atoms with Gasteiger partial charge in [-0.05, 0) is 13.5 Å². The first-order valence-electron chi connectivity index (χ1n) is 4.67. The van der Waals surface area contributed by atoms with Gasteiger partial charge in [-0.2, -0.15) is 5.10 Å². The molecule has 78 valence electrons. The third kappa shape index (κ3) is 2.32. The number of carboxylic acid groups (broad SMARTS) is 1. The van der Waals surface area contributed by atoms with E-state index in [2.05, 4.69) is 10.4 Å². The van der Waals surface area contributed by atoms with Gasteiger partial charge in [0.15, 0.2) is 0 Å². The van der Waals surface area contributed by atoms with Crippen LogP contribution in [0.4, 0.5) is 0 Å². The zero-order chi connectivity index (χ0) is 10.6. The number of aliphatic carboxylic acids is 1. The molecule has 0 aliphatic heterocycles. The fraction of sp³-hybridized carbons (Fsp3) is 0.556. The van der Waals surface area contributed by atoms with Gasteiger partial charge in [0.05, 0.1) is 6.20 Å². The van der Waals surface area contributed by atoms with Crippen LogP contribution in [-0.2, 0) is 11.3 Å². The van der Waals surface area contributed by atoms with Crippen LogP contribution in [0.3, 0.4) is 0 Å². The number of hydrogen-bond donors (Lipinski definition) is 2. The molecule has 1 rings (SSSR count). The molecule has 1 unspecified atom stereocenters. The first-order chi connectivity index (χ1) is 6.69. The summed E-state index contributed by atoms with van der Waals surface area (Å²) in [5, 5.41) is 15.9. The van der Waals surface area contributed by atoms with Crippen molar-refractivity contribution in [3.05, 3.63) is 18.0 Å². The lowest BCUT2D eigenvalue weighted by Crippen LogP contribution is -2.27. The number of nitrogens with one attached hydrogen (secondary N) is 1. The summed E-state index contributed by atoms with van der Waals surface area (Å²) in [7, 11) is 0. The molecule has 0 aliphatic carbocycles. The summed E-state index contributed by atoms with van der Waals surface area (Å²) in [6, 6.07) is -0.653. The number of carboxylic acids is 1. The summed E-state index contributed by atoms with van der Waals surface area (Å²) in [6.07, 6.45) is 3.34. The van der Waals surface area contributed by atoms with Crippen molar-refractivity contribution < 1.29 is 9.90 Å². The van der Waals surface area contributed by atoms with E-state index in [4.69, 9.17) is 5.11 Å². The van der Waals surface area contributed by atoms with Crippen LogP contribution < -0.4 is 5.32 Å². The van der Waals surface area contributed by atoms with Gasteiger partial charge in [0, 0.05) is 18.3 Å². The van der Waals surface area contributed by atoms with E-state index in [-0.39, 0.29) is 0 Å². The molecule has 0 spiro atoms. The highest BCUT2D eigenvalue weighted by Crippen LogP contribution is 2.11. The molecular formula is C9H15N3O2. The lowest BCUT2D eigenvalue weighted by atomic mass is 10.1. The fourth-order valence-electron chi connectivity index (χ4n) is 1.25. The molecule has 0 aromatic carbocycles. The first kappa shape index (κ1) is 10.7. The van der Waals surface area contributed by atoms with E-state index in [1.807, 2.05) is 13.8 Å². The third-order valence-corrected chi connectivity index (χ3v) is 1.97. The molecule has 5 nitrogen and oxygen atoms in total. The Morgan fingerprint density at radius 3 is 2.86 bits per heavy atom. The van der Waals surface area contributed by atoms with E-state index in [0.29, 0.717) is 12.1 Å². The van der Waals surface area contributed by atoms with Crippen molar-refractivity contribution in [3.63, 3.8) is 0 Å². The van der Waals surface area contributed by atoms with Crippen LogP contribution in [0.15, 0.2) is 12.4 Å². The number of rotatable bonds is 5. The highest BCUT2D eigenvalue weighted by molar-refractivity contribution is 5.75. The second-order valence-corrected chi connectivity index (χ2v) is 2.96. The minimum Gasteiger partial charge on any atom is -0.480 e. The van der Waals surface area contributed by atoms with E-state index in [9.17, 15) is 4.79 Å². The predicted molar refractivity (Wildman–Crippen MR) is 52.0 cm³/mol. The summed E-state index contributed by atoms with van der Waals surface area (Å²) in [6.45, 7) is 5.20. The fourth-order valence-corrected chi connectivity index (χ4v) is 1.25. The minimum absolute atomic E-state index is 0.619. The van der Waals surface area contributed by atoms with Gasteiger partial charge in [-0.25, -0.2) is 0 Å². The SMILES string of the molecule is CCNC(C(=O)O)c1cnn(CC)c1. The van der Waals surface area contributed by atoms with Crippen LogP contribution in [0, 0.1) is 0 Å². The number of likely N-dealkylation sites (N-methyl/N-ethyl adjacent to an activating group) is 1. The summed E-state index contributed by atoms with van der Waals surface area (Å²) in [5.74, 6) is -0.873. The molecule has 0 saturated carbocycles. The normalized spacial score (nSPS) is 12.7. The predicted octanol–water partition coefficient (Wildman–Crippen LogP) is 0.638. The van der Waals surface area contributed by atoms with Crippen molar-refractivity contribution in [2.75, 3.05) is 6.54 Å². The van der Waals surface area contributed by atoms with Crippen molar-refractivity contribution in [2.45, 2.75) is 26.4 Å². The number of nitrogens with zero attached hydrogens (tertiary/aromatic N) is 2. The zero-order valence-electron chi connectivity index (χ0n) is 8.40. The Morgan fingerprint density at radius 2 is 2.43 bits per heavy atom. The van der Waals surface area contributed by atoms with E-state index in [0.717, 1.165) is 6.54 Å². The molecule has 0 bridgehead atoms. The maximum atomic E-state index is 10.9. The largest absolute Gasteiger partial charge is 0.480 e. The maximum Gasteiger partial charge on any atom is 0.325 e. The Bertz CT molecular complexity index is 309. The highest BCUT2D eigenvalue weighted by atomic mass is 16.4. The van der Waals surface area contributed by atoms with E-state index >= 15 is 0 Å². The molecule has 1 atom stereocenters. The van der Waals surface area contributed by atoms with Gasteiger partial charge < -0.3 is 10.4 Å². The Hall–Kier alpha value is -1.36. The third-order valence-electron chi connectivity index (χ3n) is 1.97. The van der Waals surface area contributed by atoms with E-state index in [1.165, 1.54) is 0 Å². The molecule has 1 aromatic heterocycles. The number of hydrogen-bond acceptors (Lipinski definition) is 3. The van der Waals surface area contributed by atoms with E-state index in [1.54, 1.807) is 17.1 Å². The molecular weight excluding hydrogens is 182 g/mol. The second kappa shape index (κ2) is 4.76. The Balaban J connectivity index is 2.81. The molecule has 1 aromatic rings. The van der Waals surface area contributed by atoms with Crippen LogP contribution in [-0.4, -0.2) is 27.4 Å². The highest BCUT2D eigenvalue weighted by Gasteiger charge is 2.19. The molecule has 0 saturated heterocycles. The summed E-state index contributed by atoms with van der Waals surface area (Å²) < 4.78 is 1.71. The van der Waals surface area contributed by atoms with Gasteiger partial charge in [0.1, 0.15) is 6.04 Å². The van der Waals surface area contributed by atoms with Gasteiger partial charge in [-0.3, -0.25) is 9.48 Å². The quantitative estimate of drug-likeness (QED) is 0.726. The van der Waals surface area contributed by atoms with E-state index < -0.39 is 12.0 Å². The molecule has 0 radical (unpaired) electrons. The van der Waals surface area contributed by atoms with Gasteiger partial charge in [-0.15, -0.1) is 0 Å². The summed E-state index contributed by atoms with van der Waals surface area (Å²) in [5.41, 5.74) is 0.696. The van der Waals surface area contributed by atoms with Crippen LogP contribution >= 0.6 is 0 Å². The maximum absolute atomic E-state index is 10.9. The zero-order valence-corrected chi connectivity index (χ0v) is 8.40. The van der Waals surface area contributed by atoms with Crippen molar-refractivity contribution in [2.24, 2.45) is 0 Å². The molecule has 14 heavy (non-hydrogen) atoms. The van der Waals surface area contributed by atoms with Crippen molar-refractivity contribution >= 4 is 5.97 Å². The lowest BCUT2D eigenvalue weighted by Gasteiger charge is -2.10. The number of carbonyl (C=O) groups is 1.